The topological polar surface area (TPSA) is 64.4 Å². The van der Waals surface area contributed by atoms with Gasteiger partial charge in [-0.05, 0) is 25.1 Å². The van der Waals surface area contributed by atoms with Crippen LogP contribution in [-0.2, 0) is 4.79 Å². The van der Waals surface area contributed by atoms with Crippen molar-refractivity contribution in [1.82, 2.24) is 4.90 Å². The Morgan fingerprint density at radius 3 is 2.68 bits per heavy atom. The van der Waals surface area contributed by atoms with Crippen LogP contribution in [-0.4, -0.2) is 43.3 Å². The van der Waals surface area contributed by atoms with E-state index in [1.807, 2.05) is 4.90 Å². The van der Waals surface area contributed by atoms with Gasteiger partial charge in [0.25, 0.3) is 0 Å². The summed E-state index contributed by atoms with van der Waals surface area (Å²) >= 11 is 0. The summed E-state index contributed by atoms with van der Waals surface area (Å²) in [6, 6.07) is 7.01. The molecule has 0 unspecified atom stereocenters. The maximum atomic E-state index is 11.7. The number of nitrogens with zero attached hydrogens (tertiary/aromatic N) is 3. The first-order valence-electron chi connectivity index (χ1n) is 6.07. The van der Waals surface area contributed by atoms with Crippen LogP contribution in [0.4, 0.5) is 5.69 Å². The Morgan fingerprint density at radius 2 is 2.11 bits per heavy atom. The van der Waals surface area contributed by atoms with Gasteiger partial charge in [0.2, 0.25) is 5.91 Å². The minimum absolute atomic E-state index is 0.0168. The van der Waals surface area contributed by atoms with Gasteiger partial charge in [0.1, 0.15) is 0 Å². The largest absolute Gasteiger partial charge is 0.360 e. The molecule has 19 heavy (non-hydrogen) atoms. The molecule has 1 aliphatic rings. The van der Waals surface area contributed by atoms with E-state index >= 15 is 0 Å². The highest BCUT2D eigenvalue weighted by Gasteiger charge is 2.24. The third-order valence-corrected chi connectivity index (χ3v) is 3.30. The van der Waals surface area contributed by atoms with Crippen molar-refractivity contribution in [3.63, 3.8) is 0 Å². The Balaban J connectivity index is 2.40. The number of carbonyl (C=O) groups is 2. The van der Waals surface area contributed by atoms with E-state index in [9.17, 15) is 9.59 Å². The molecule has 0 aliphatic carbocycles. The molecular formula is C14H15N3O2. The lowest BCUT2D eigenvalue weighted by molar-refractivity contribution is -0.129. The normalized spacial score (nSPS) is 15.3. The number of rotatable bonds is 2. The number of benzene rings is 1. The van der Waals surface area contributed by atoms with Crippen molar-refractivity contribution >= 4 is 17.4 Å². The number of nitriles is 1. The molecule has 1 amide bonds. The molecule has 0 radical (unpaired) electrons. The molecule has 1 fully saturated rings. The van der Waals surface area contributed by atoms with Crippen LogP contribution in [0, 0.1) is 11.3 Å². The van der Waals surface area contributed by atoms with Crippen molar-refractivity contribution in [2.24, 2.45) is 0 Å². The summed E-state index contributed by atoms with van der Waals surface area (Å²) in [5.74, 6) is -0.0472. The summed E-state index contributed by atoms with van der Waals surface area (Å²) in [5, 5.41) is 8.96. The van der Waals surface area contributed by atoms with Gasteiger partial charge in [-0.25, -0.2) is 0 Å². The number of hydrogen-bond acceptors (Lipinski definition) is 4. The predicted octanol–water partition coefficient (Wildman–Crippen LogP) is 1.04. The van der Waals surface area contributed by atoms with E-state index in [1.54, 1.807) is 30.1 Å². The van der Waals surface area contributed by atoms with Crippen LogP contribution in [0.1, 0.15) is 22.8 Å². The van der Waals surface area contributed by atoms with Crippen LogP contribution in [0.3, 0.4) is 0 Å². The van der Waals surface area contributed by atoms with E-state index in [1.165, 1.54) is 6.92 Å². The van der Waals surface area contributed by atoms with Gasteiger partial charge in [0, 0.05) is 31.4 Å². The third-order valence-electron chi connectivity index (χ3n) is 3.30. The Kier molecular flexibility index (Phi) is 3.52. The van der Waals surface area contributed by atoms with Gasteiger partial charge in [0.05, 0.1) is 18.2 Å². The first-order valence-corrected chi connectivity index (χ1v) is 6.07. The molecule has 1 aliphatic heterocycles. The van der Waals surface area contributed by atoms with E-state index in [2.05, 4.69) is 6.07 Å². The summed E-state index contributed by atoms with van der Waals surface area (Å²) in [5.41, 5.74) is 1.72. The minimum atomic E-state index is -0.0640. The molecule has 0 spiro atoms. The van der Waals surface area contributed by atoms with Crippen LogP contribution in [0.15, 0.2) is 18.2 Å². The van der Waals surface area contributed by atoms with Gasteiger partial charge in [-0.15, -0.1) is 0 Å². The monoisotopic (exact) mass is 257 g/mol. The second-order valence-electron chi connectivity index (χ2n) is 4.64. The second kappa shape index (κ2) is 5.11. The van der Waals surface area contributed by atoms with Crippen molar-refractivity contribution in [3.8, 4) is 6.07 Å². The van der Waals surface area contributed by atoms with E-state index in [0.29, 0.717) is 29.9 Å². The lowest BCUT2D eigenvalue weighted by Crippen LogP contribution is -2.49. The zero-order valence-electron chi connectivity index (χ0n) is 11.0. The molecular weight excluding hydrogens is 242 g/mol. The number of Topliss-reactive ketones (excluding diaryl/α,β-unsaturated/α-hetero) is 1. The minimum Gasteiger partial charge on any atom is -0.360 e. The summed E-state index contributed by atoms with van der Waals surface area (Å²) in [6.07, 6.45) is 0. The maximum absolute atomic E-state index is 11.7. The molecule has 2 rings (SSSR count). The highest BCUT2D eigenvalue weighted by atomic mass is 16.2. The van der Waals surface area contributed by atoms with Crippen molar-refractivity contribution in [3.05, 3.63) is 29.3 Å². The zero-order chi connectivity index (χ0) is 14.0. The van der Waals surface area contributed by atoms with Crippen molar-refractivity contribution in [2.75, 3.05) is 31.6 Å². The fraction of sp³-hybridized carbons (Fsp3) is 0.357. The number of amides is 1. The molecule has 0 N–H and O–H groups in total. The molecule has 1 aromatic rings. The average Bonchev–Trinajstić information content (AvgIpc) is 2.41. The summed E-state index contributed by atoms with van der Waals surface area (Å²) in [4.78, 5) is 26.9. The molecule has 1 aromatic carbocycles. The predicted molar refractivity (Wildman–Crippen MR) is 71.0 cm³/mol. The van der Waals surface area contributed by atoms with Gasteiger partial charge in [-0.2, -0.15) is 5.26 Å². The number of carbonyl (C=O) groups excluding carboxylic acids is 2. The number of ketones is 1. The van der Waals surface area contributed by atoms with Crippen molar-refractivity contribution in [1.29, 1.82) is 5.26 Å². The maximum Gasteiger partial charge on any atom is 0.241 e. The van der Waals surface area contributed by atoms with Crippen LogP contribution in [0.2, 0.25) is 0 Å². The summed E-state index contributed by atoms with van der Waals surface area (Å²) < 4.78 is 0. The average molecular weight is 257 g/mol. The molecule has 0 saturated carbocycles. The molecule has 1 heterocycles. The molecule has 0 atom stereocenters. The standard InChI is InChI=1S/C14H15N3O2/c1-10(18)12-4-3-11(8-15)7-13(12)17-6-5-16(2)14(19)9-17/h3-4,7H,5-6,9H2,1-2H3. The Hall–Kier alpha value is -2.35. The molecule has 0 bridgehead atoms. The molecule has 5 nitrogen and oxygen atoms in total. The van der Waals surface area contributed by atoms with Gasteiger partial charge < -0.3 is 9.80 Å². The Bertz CT molecular complexity index is 575. The number of likely N-dealkylation sites (N-methyl/N-ethyl adjacent to an activating group) is 1. The van der Waals surface area contributed by atoms with E-state index < -0.39 is 0 Å². The van der Waals surface area contributed by atoms with Gasteiger partial charge in [0.15, 0.2) is 5.78 Å². The van der Waals surface area contributed by atoms with Crippen LogP contribution in [0.25, 0.3) is 0 Å². The molecule has 98 valence electrons. The van der Waals surface area contributed by atoms with E-state index in [0.717, 1.165) is 0 Å². The lowest BCUT2D eigenvalue weighted by Gasteiger charge is -2.34. The van der Waals surface area contributed by atoms with Crippen molar-refractivity contribution < 1.29 is 9.59 Å². The van der Waals surface area contributed by atoms with Crippen LogP contribution < -0.4 is 4.90 Å². The van der Waals surface area contributed by atoms with E-state index in [-0.39, 0.29) is 18.2 Å². The lowest BCUT2D eigenvalue weighted by atomic mass is 10.0. The zero-order valence-corrected chi connectivity index (χ0v) is 11.0. The SMILES string of the molecule is CC(=O)c1ccc(C#N)cc1N1CCN(C)C(=O)C1. The molecule has 1 saturated heterocycles. The van der Waals surface area contributed by atoms with Crippen LogP contribution >= 0.6 is 0 Å². The highest BCUT2D eigenvalue weighted by Crippen LogP contribution is 2.24. The molecule has 0 aromatic heterocycles. The first kappa shape index (κ1) is 13.1. The number of hydrogen-bond donors (Lipinski definition) is 0. The van der Waals surface area contributed by atoms with Gasteiger partial charge >= 0.3 is 0 Å². The fourth-order valence-corrected chi connectivity index (χ4v) is 2.12. The number of anilines is 1. The Labute approximate surface area is 112 Å². The van der Waals surface area contributed by atoms with Crippen LogP contribution in [0.5, 0.6) is 0 Å². The summed E-state index contributed by atoms with van der Waals surface area (Å²) in [6.45, 7) is 3.01. The fourth-order valence-electron chi connectivity index (χ4n) is 2.12. The molecule has 5 heteroatoms. The Morgan fingerprint density at radius 1 is 1.37 bits per heavy atom. The smallest absolute Gasteiger partial charge is 0.241 e. The van der Waals surface area contributed by atoms with E-state index in [4.69, 9.17) is 5.26 Å². The van der Waals surface area contributed by atoms with Crippen molar-refractivity contribution in [2.45, 2.75) is 6.92 Å². The third kappa shape index (κ3) is 2.58. The van der Waals surface area contributed by atoms with Gasteiger partial charge in [-0.3, -0.25) is 9.59 Å². The first-order chi connectivity index (χ1) is 9.02. The quantitative estimate of drug-likeness (QED) is 0.742. The highest BCUT2D eigenvalue weighted by molar-refractivity contribution is 6.00. The van der Waals surface area contributed by atoms with Gasteiger partial charge in [-0.1, -0.05) is 0 Å². The second-order valence-corrected chi connectivity index (χ2v) is 4.64. The number of piperazine rings is 1. The summed E-state index contributed by atoms with van der Waals surface area (Å²) in [7, 11) is 1.76.